The van der Waals surface area contributed by atoms with Crippen LogP contribution in [0.25, 0.3) is 0 Å². The zero-order valence-corrected chi connectivity index (χ0v) is 9.21. The Morgan fingerprint density at radius 1 is 1.38 bits per heavy atom. The van der Waals surface area contributed by atoms with Crippen molar-refractivity contribution in [1.82, 2.24) is 19.7 Å². The molecule has 1 aliphatic rings. The Morgan fingerprint density at radius 3 is 2.62 bits per heavy atom. The lowest BCUT2D eigenvalue weighted by Crippen LogP contribution is -2.38. The largest absolute Gasteiger partial charge is 0.465 e. The van der Waals surface area contributed by atoms with E-state index >= 15 is 0 Å². The Kier molecular flexibility index (Phi) is 2.34. The van der Waals surface area contributed by atoms with Crippen molar-refractivity contribution in [3.05, 3.63) is 11.6 Å². The average molecular weight is 226 g/mol. The highest BCUT2D eigenvalue weighted by Gasteiger charge is 2.30. The second-order valence-corrected chi connectivity index (χ2v) is 4.35. The Morgan fingerprint density at radius 2 is 2.06 bits per heavy atom. The van der Waals surface area contributed by atoms with E-state index in [0.29, 0.717) is 24.7 Å². The number of hydrogen-bond donors (Lipinski definition) is 2. The first-order valence-electron chi connectivity index (χ1n) is 5.02. The number of aromatic nitrogens is 3. The quantitative estimate of drug-likeness (QED) is 0.703. The Labute approximate surface area is 92.3 Å². The molecule has 7 heteroatoms. The highest BCUT2D eigenvalue weighted by atomic mass is 16.4. The molecule has 0 saturated heterocycles. The Bertz CT molecular complexity index is 421. The van der Waals surface area contributed by atoms with Crippen LogP contribution >= 0.6 is 0 Å². The van der Waals surface area contributed by atoms with Gasteiger partial charge in [0.1, 0.15) is 5.60 Å². The number of carboxylic acid groups (broad SMARTS) is 1. The summed E-state index contributed by atoms with van der Waals surface area (Å²) in [7, 11) is 0. The summed E-state index contributed by atoms with van der Waals surface area (Å²) in [5.41, 5.74) is -1.06. The normalized spacial score (nSPS) is 16.1. The van der Waals surface area contributed by atoms with Gasteiger partial charge in [0.2, 0.25) is 0 Å². The highest BCUT2D eigenvalue weighted by molar-refractivity contribution is 5.64. The molecule has 0 radical (unpaired) electrons. The summed E-state index contributed by atoms with van der Waals surface area (Å²) < 4.78 is 1.78. The number of hydrogen-bond acceptors (Lipinski definition) is 4. The average Bonchev–Trinajstić information content (AvgIpc) is 2.58. The van der Waals surface area contributed by atoms with E-state index in [4.69, 9.17) is 5.11 Å². The summed E-state index contributed by atoms with van der Waals surface area (Å²) in [6.07, 6.45) is -0.959. The van der Waals surface area contributed by atoms with Crippen molar-refractivity contribution in [2.24, 2.45) is 0 Å². The van der Waals surface area contributed by atoms with Gasteiger partial charge in [-0.05, 0) is 13.8 Å². The molecule has 0 saturated carbocycles. The first-order chi connectivity index (χ1) is 7.39. The van der Waals surface area contributed by atoms with E-state index in [1.54, 1.807) is 18.4 Å². The monoisotopic (exact) mass is 226 g/mol. The van der Waals surface area contributed by atoms with E-state index in [1.165, 1.54) is 4.90 Å². The molecule has 1 amide bonds. The van der Waals surface area contributed by atoms with E-state index < -0.39 is 11.7 Å². The molecule has 1 aliphatic heterocycles. The van der Waals surface area contributed by atoms with Crippen LogP contribution in [0.2, 0.25) is 0 Å². The summed E-state index contributed by atoms with van der Waals surface area (Å²) in [6.45, 7) is 4.36. The molecule has 0 bridgehead atoms. The van der Waals surface area contributed by atoms with Gasteiger partial charge in [-0.3, -0.25) is 4.90 Å². The van der Waals surface area contributed by atoms with Crippen LogP contribution in [-0.4, -0.2) is 42.5 Å². The third-order valence-corrected chi connectivity index (χ3v) is 2.57. The van der Waals surface area contributed by atoms with Crippen LogP contribution in [0, 0.1) is 0 Å². The maximum Gasteiger partial charge on any atom is 0.407 e. The predicted octanol–water partition coefficient (Wildman–Crippen LogP) is -0.000900. The van der Waals surface area contributed by atoms with Gasteiger partial charge >= 0.3 is 6.09 Å². The van der Waals surface area contributed by atoms with Gasteiger partial charge in [0.25, 0.3) is 0 Å². The first-order valence-corrected chi connectivity index (χ1v) is 5.02. The Balaban J connectivity index is 2.31. The molecular weight excluding hydrogens is 212 g/mol. The van der Waals surface area contributed by atoms with Crippen molar-refractivity contribution < 1.29 is 15.0 Å². The van der Waals surface area contributed by atoms with E-state index in [1.807, 2.05) is 0 Å². The van der Waals surface area contributed by atoms with Gasteiger partial charge in [-0.25, -0.2) is 4.79 Å². The van der Waals surface area contributed by atoms with Crippen LogP contribution < -0.4 is 0 Å². The molecule has 0 aliphatic carbocycles. The fourth-order valence-corrected chi connectivity index (χ4v) is 1.77. The SMILES string of the molecule is CC(C)(O)c1nnc2n1CCN(C(=O)O)C2. The van der Waals surface area contributed by atoms with E-state index in [2.05, 4.69) is 10.2 Å². The fourth-order valence-electron chi connectivity index (χ4n) is 1.77. The van der Waals surface area contributed by atoms with E-state index in [-0.39, 0.29) is 6.54 Å². The summed E-state index contributed by atoms with van der Waals surface area (Å²) in [4.78, 5) is 12.1. The van der Waals surface area contributed by atoms with Crippen LogP contribution in [0.4, 0.5) is 4.79 Å². The maximum absolute atomic E-state index is 10.8. The van der Waals surface area contributed by atoms with E-state index in [9.17, 15) is 9.90 Å². The first kappa shape index (κ1) is 10.9. The third kappa shape index (κ3) is 1.73. The lowest BCUT2D eigenvalue weighted by atomic mass is 10.1. The van der Waals surface area contributed by atoms with E-state index in [0.717, 1.165) is 0 Å². The van der Waals surface area contributed by atoms with Crippen molar-refractivity contribution in [3.8, 4) is 0 Å². The smallest absolute Gasteiger partial charge is 0.407 e. The second-order valence-electron chi connectivity index (χ2n) is 4.35. The number of nitrogens with zero attached hydrogens (tertiary/aromatic N) is 4. The molecule has 16 heavy (non-hydrogen) atoms. The van der Waals surface area contributed by atoms with Crippen LogP contribution in [0.5, 0.6) is 0 Å². The molecule has 7 nitrogen and oxygen atoms in total. The minimum Gasteiger partial charge on any atom is -0.465 e. The molecular formula is C9H14N4O3. The molecule has 2 heterocycles. The molecule has 2 rings (SSSR count). The number of aliphatic hydroxyl groups is 1. The minimum atomic E-state index is -1.06. The lowest BCUT2D eigenvalue weighted by molar-refractivity contribution is 0.0617. The number of rotatable bonds is 1. The Hall–Kier alpha value is -1.63. The third-order valence-electron chi connectivity index (χ3n) is 2.57. The zero-order chi connectivity index (χ0) is 11.9. The molecule has 1 aromatic rings. The molecule has 0 atom stereocenters. The van der Waals surface area contributed by atoms with Gasteiger partial charge in [0.15, 0.2) is 11.6 Å². The van der Waals surface area contributed by atoms with Crippen molar-refractivity contribution >= 4 is 6.09 Å². The predicted molar refractivity (Wildman–Crippen MR) is 53.7 cm³/mol. The van der Waals surface area contributed by atoms with Gasteiger partial charge in [0.05, 0.1) is 6.54 Å². The van der Waals surface area contributed by atoms with Gasteiger partial charge in [-0.2, -0.15) is 0 Å². The van der Waals surface area contributed by atoms with Crippen LogP contribution in [0.1, 0.15) is 25.5 Å². The molecule has 0 aromatic carbocycles. The minimum absolute atomic E-state index is 0.221. The summed E-state index contributed by atoms with van der Waals surface area (Å²) in [5, 5.41) is 26.5. The maximum atomic E-state index is 10.8. The summed E-state index contributed by atoms with van der Waals surface area (Å²) in [6, 6.07) is 0. The molecule has 0 unspecified atom stereocenters. The lowest BCUT2D eigenvalue weighted by Gasteiger charge is -2.27. The van der Waals surface area contributed by atoms with Gasteiger partial charge in [-0.1, -0.05) is 0 Å². The second kappa shape index (κ2) is 3.44. The van der Waals surface area contributed by atoms with Crippen LogP contribution in [0.3, 0.4) is 0 Å². The molecule has 2 N–H and O–H groups in total. The van der Waals surface area contributed by atoms with Crippen molar-refractivity contribution in [2.75, 3.05) is 6.54 Å². The fraction of sp³-hybridized carbons (Fsp3) is 0.667. The summed E-state index contributed by atoms with van der Waals surface area (Å²) in [5.74, 6) is 1.05. The standard InChI is InChI=1S/C9H14N4O3/c1-9(2,16)7-11-10-6-5-12(8(14)15)3-4-13(6)7/h16H,3-5H2,1-2H3,(H,14,15). The number of carbonyl (C=O) groups is 1. The summed E-state index contributed by atoms with van der Waals surface area (Å²) >= 11 is 0. The van der Waals surface area contributed by atoms with Crippen molar-refractivity contribution in [1.29, 1.82) is 0 Å². The molecule has 1 aromatic heterocycles. The van der Waals surface area contributed by atoms with Crippen molar-refractivity contribution in [3.63, 3.8) is 0 Å². The van der Waals surface area contributed by atoms with Crippen LogP contribution in [-0.2, 0) is 18.7 Å². The van der Waals surface area contributed by atoms with Gasteiger partial charge in [-0.15, -0.1) is 10.2 Å². The number of fused-ring (bicyclic) bond motifs is 1. The zero-order valence-electron chi connectivity index (χ0n) is 9.21. The molecule has 0 fully saturated rings. The molecule has 88 valence electrons. The molecule has 0 spiro atoms. The van der Waals surface area contributed by atoms with Crippen LogP contribution in [0.15, 0.2) is 0 Å². The van der Waals surface area contributed by atoms with Gasteiger partial charge in [0, 0.05) is 13.1 Å². The van der Waals surface area contributed by atoms with Crippen molar-refractivity contribution in [2.45, 2.75) is 32.5 Å². The van der Waals surface area contributed by atoms with Gasteiger partial charge < -0.3 is 14.8 Å². The number of amides is 1. The highest BCUT2D eigenvalue weighted by Crippen LogP contribution is 2.21. The topological polar surface area (TPSA) is 91.5 Å².